The first-order chi connectivity index (χ1) is 6.97. The fourth-order valence-corrected chi connectivity index (χ4v) is 0.784. The minimum Gasteiger partial charge on any atom is -0.480 e. The van der Waals surface area contributed by atoms with E-state index in [4.69, 9.17) is 10.8 Å². The molecule has 0 heterocycles. The number of carboxylic acids is 1. The first-order valence-corrected chi connectivity index (χ1v) is 4.73. The maximum atomic E-state index is 11.0. The first-order valence-electron chi connectivity index (χ1n) is 4.10. The van der Waals surface area contributed by atoms with Crippen molar-refractivity contribution in [2.75, 3.05) is 18.8 Å². The molecule has 7 nitrogen and oxygen atoms in total. The van der Waals surface area contributed by atoms with Gasteiger partial charge in [-0.3, -0.25) is 14.4 Å². The predicted octanol–water partition coefficient (Wildman–Crippen LogP) is -2.44. The lowest BCUT2D eigenvalue weighted by atomic mass is 10.3. The van der Waals surface area contributed by atoms with Crippen molar-refractivity contribution in [3.05, 3.63) is 0 Å². The van der Waals surface area contributed by atoms with Crippen LogP contribution in [-0.4, -0.2) is 47.8 Å². The number of amides is 2. The van der Waals surface area contributed by atoms with E-state index in [0.29, 0.717) is 0 Å². The van der Waals surface area contributed by atoms with Gasteiger partial charge < -0.3 is 21.5 Å². The molecule has 0 bridgehead atoms. The maximum Gasteiger partial charge on any atom is 0.322 e. The summed E-state index contributed by atoms with van der Waals surface area (Å²) in [6.45, 7) is -0.777. The molecule has 0 aromatic carbocycles. The Kier molecular flexibility index (Phi) is 6.47. The molecule has 0 aliphatic rings. The number of carbonyl (C=O) groups excluding carboxylic acids is 2. The third-order valence-electron chi connectivity index (χ3n) is 1.39. The molecule has 0 rings (SSSR count). The number of hydrogen-bond donors (Lipinski definition) is 5. The van der Waals surface area contributed by atoms with Crippen LogP contribution in [0, 0.1) is 0 Å². The molecular formula is C7H13N3O4S. The van der Waals surface area contributed by atoms with Crippen molar-refractivity contribution < 1.29 is 19.5 Å². The van der Waals surface area contributed by atoms with Crippen LogP contribution in [0.1, 0.15) is 0 Å². The molecule has 1 atom stereocenters. The molecule has 0 aliphatic heterocycles. The third-order valence-corrected chi connectivity index (χ3v) is 1.79. The lowest BCUT2D eigenvalue weighted by molar-refractivity contribution is -0.137. The fraction of sp³-hybridized carbons (Fsp3) is 0.571. The van der Waals surface area contributed by atoms with Crippen molar-refractivity contribution in [3.8, 4) is 0 Å². The molecule has 86 valence electrons. The second-order valence-electron chi connectivity index (χ2n) is 2.68. The number of rotatable bonds is 6. The van der Waals surface area contributed by atoms with Crippen LogP contribution in [0.25, 0.3) is 0 Å². The van der Waals surface area contributed by atoms with Gasteiger partial charge in [0.15, 0.2) is 0 Å². The fourth-order valence-electron chi connectivity index (χ4n) is 0.618. The summed E-state index contributed by atoms with van der Waals surface area (Å²) in [7, 11) is 0. The molecule has 5 N–H and O–H groups in total. The molecule has 1 unspecified atom stereocenters. The van der Waals surface area contributed by atoms with Gasteiger partial charge in [-0.1, -0.05) is 0 Å². The Labute approximate surface area is 91.8 Å². The van der Waals surface area contributed by atoms with Crippen molar-refractivity contribution in [1.82, 2.24) is 10.6 Å². The first kappa shape index (κ1) is 13.7. The number of thiol groups is 1. The van der Waals surface area contributed by atoms with Gasteiger partial charge in [-0.05, 0) is 0 Å². The molecule has 0 fully saturated rings. The number of hydrogen-bond acceptors (Lipinski definition) is 5. The minimum atomic E-state index is -1.15. The van der Waals surface area contributed by atoms with Crippen molar-refractivity contribution >= 4 is 30.4 Å². The highest BCUT2D eigenvalue weighted by Crippen LogP contribution is 1.82. The van der Waals surface area contributed by atoms with Crippen LogP contribution in [0.15, 0.2) is 0 Å². The minimum absolute atomic E-state index is 0.169. The van der Waals surface area contributed by atoms with Gasteiger partial charge >= 0.3 is 5.97 Å². The molecule has 2 amide bonds. The summed E-state index contributed by atoms with van der Waals surface area (Å²) in [5.41, 5.74) is 5.31. The summed E-state index contributed by atoms with van der Waals surface area (Å²) in [5, 5.41) is 12.6. The average molecular weight is 235 g/mol. The second-order valence-corrected chi connectivity index (χ2v) is 3.04. The van der Waals surface area contributed by atoms with Crippen molar-refractivity contribution in [3.63, 3.8) is 0 Å². The van der Waals surface area contributed by atoms with E-state index in [2.05, 4.69) is 23.3 Å². The Bertz CT molecular complexity index is 259. The van der Waals surface area contributed by atoms with Crippen LogP contribution in [0.3, 0.4) is 0 Å². The van der Waals surface area contributed by atoms with E-state index in [9.17, 15) is 14.4 Å². The predicted molar refractivity (Wildman–Crippen MR) is 55.5 cm³/mol. The molecule has 15 heavy (non-hydrogen) atoms. The molecule has 0 saturated heterocycles. The lowest BCUT2D eigenvalue weighted by Gasteiger charge is -2.09. The monoisotopic (exact) mass is 235 g/mol. The van der Waals surface area contributed by atoms with Crippen LogP contribution >= 0.6 is 12.6 Å². The van der Waals surface area contributed by atoms with E-state index in [1.165, 1.54) is 0 Å². The number of nitrogens with two attached hydrogens (primary N) is 1. The zero-order valence-electron chi connectivity index (χ0n) is 7.90. The van der Waals surface area contributed by atoms with E-state index in [0.717, 1.165) is 0 Å². The molecule has 0 aromatic heterocycles. The van der Waals surface area contributed by atoms with Crippen LogP contribution in [-0.2, 0) is 14.4 Å². The zero-order chi connectivity index (χ0) is 11.8. The van der Waals surface area contributed by atoms with Crippen LogP contribution in [0.5, 0.6) is 0 Å². The summed E-state index contributed by atoms with van der Waals surface area (Å²) >= 11 is 3.80. The number of carboxylic acid groups (broad SMARTS) is 1. The van der Waals surface area contributed by atoms with Crippen molar-refractivity contribution in [2.45, 2.75) is 6.04 Å². The highest BCUT2D eigenvalue weighted by Gasteiger charge is 2.12. The quantitative estimate of drug-likeness (QED) is 0.327. The molecular weight excluding hydrogens is 222 g/mol. The van der Waals surface area contributed by atoms with Crippen LogP contribution in [0.2, 0.25) is 0 Å². The topological polar surface area (TPSA) is 122 Å². The molecule has 0 aliphatic carbocycles. The smallest absolute Gasteiger partial charge is 0.322 e. The Morgan fingerprint density at radius 3 is 2.33 bits per heavy atom. The summed E-state index contributed by atoms with van der Waals surface area (Å²) < 4.78 is 0. The van der Waals surface area contributed by atoms with Gasteiger partial charge in [0, 0.05) is 5.75 Å². The van der Waals surface area contributed by atoms with E-state index in [-0.39, 0.29) is 12.3 Å². The van der Waals surface area contributed by atoms with Crippen molar-refractivity contribution in [1.29, 1.82) is 0 Å². The SMILES string of the molecule is NC(CS)C(=O)NCC(=O)NCC(=O)O. The highest BCUT2D eigenvalue weighted by atomic mass is 32.1. The van der Waals surface area contributed by atoms with Crippen LogP contribution < -0.4 is 16.4 Å². The van der Waals surface area contributed by atoms with Gasteiger partial charge in [0.05, 0.1) is 12.6 Å². The van der Waals surface area contributed by atoms with Gasteiger partial charge in [-0.15, -0.1) is 0 Å². The largest absolute Gasteiger partial charge is 0.480 e. The van der Waals surface area contributed by atoms with Gasteiger partial charge in [0.25, 0.3) is 0 Å². The average Bonchev–Trinajstić information content (AvgIpc) is 2.21. The second kappa shape index (κ2) is 7.07. The maximum absolute atomic E-state index is 11.0. The van der Waals surface area contributed by atoms with Gasteiger partial charge in [0.1, 0.15) is 6.54 Å². The van der Waals surface area contributed by atoms with E-state index in [1.54, 1.807) is 0 Å². The molecule has 0 radical (unpaired) electrons. The number of nitrogens with one attached hydrogen (secondary N) is 2. The summed E-state index contributed by atoms with van der Waals surface area (Å²) in [5.74, 6) is -2.07. The molecule has 0 saturated carbocycles. The number of aliphatic carboxylic acids is 1. The Morgan fingerprint density at radius 1 is 1.27 bits per heavy atom. The number of carbonyl (C=O) groups is 3. The van der Waals surface area contributed by atoms with E-state index >= 15 is 0 Å². The summed E-state index contributed by atoms with van der Waals surface area (Å²) in [4.78, 5) is 32.0. The van der Waals surface area contributed by atoms with Crippen molar-refractivity contribution in [2.24, 2.45) is 5.73 Å². The summed E-state index contributed by atoms with van der Waals surface area (Å²) in [6, 6.07) is -0.777. The van der Waals surface area contributed by atoms with Crippen LogP contribution in [0.4, 0.5) is 0 Å². The molecule has 0 spiro atoms. The zero-order valence-corrected chi connectivity index (χ0v) is 8.79. The third kappa shape index (κ3) is 6.75. The molecule has 0 aromatic rings. The van der Waals surface area contributed by atoms with E-state index in [1.807, 2.05) is 0 Å². The Morgan fingerprint density at radius 2 is 1.87 bits per heavy atom. The van der Waals surface area contributed by atoms with E-state index < -0.39 is 30.4 Å². The van der Waals surface area contributed by atoms with Gasteiger partial charge in [0.2, 0.25) is 11.8 Å². The Hall–Kier alpha value is -1.28. The van der Waals surface area contributed by atoms with Gasteiger partial charge in [-0.25, -0.2) is 0 Å². The normalized spacial score (nSPS) is 11.6. The lowest BCUT2D eigenvalue weighted by Crippen LogP contribution is -2.46. The summed E-state index contributed by atoms with van der Waals surface area (Å²) in [6.07, 6.45) is 0. The highest BCUT2D eigenvalue weighted by molar-refractivity contribution is 7.80. The standard InChI is InChI=1S/C7H13N3O4S/c8-4(3-15)7(14)10-1-5(11)9-2-6(12)13/h4,15H,1-3,8H2,(H,9,11)(H,10,14)(H,12,13). The van der Waals surface area contributed by atoms with Gasteiger partial charge in [-0.2, -0.15) is 12.6 Å². The molecule has 8 heteroatoms. The Balaban J connectivity index is 3.71.